The van der Waals surface area contributed by atoms with E-state index in [0.717, 1.165) is 0 Å². The molecule has 0 N–H and O–H groups in total. The molecule has 1 heteroatoms. The van der Waals surface area contributed by atoms with E-state index in [-0.39, 0.29) is 5.41 Å². The van der Waals surface area contributed by atoms with Crippen molar-refractivity contribution in [3.63, 3.8) is 0 Å². The summed E-state index contributed by atoms with van der Waals surface area (Å²) in [7, 11) is 4.25. The Morgan fingerprint density at radius 2 is 1.52 bits per heavy atom. The maximum atomic E-state index is 2.33. The molecule has 0 heterocycles. The topological polar surface area (TPSA) is 3.24 Å². The normalized spacial score (nSPS) is 11.7. The van der Waals surface area contributed by atoms with E-state index in [0.29, 0.717) is 0 Å². The zero-order valence-electron chi connectivity index (χ0n) is 14.7. The van der Waals surface area contributed by atoms with Gasteiger partial charge in [0.15, 0.2) is 0 Å². The summed E-state index contributed by atoms with van der Waals surface area (Å²) in [6.07, 6.45) is 0. The minimum atomic E-state index is 0.158. The van der Waals surface area contributed by atoms with Crippen molar-refractivity contribution in [3.8, 4) is 11.1 Å². The average molecular weight is 303 g/mol. The number of nitrogens with zero attached hydrogens (tertiary/aromatic N) is 1. The van der Waals surface area contributed by atoms with E-state index in [9.17, 15) is 0 Å². The highest BCUT2D eigenvalue weighted by atomic mass is 15.1. The summed E-state index contributed by atoms with van der Waals surface area (Å²) < 4.78 is 0. The summed E-state index contributed by atoms with van der Waals surface area (Å²) in [6.45, 7) is 6.79. The molecule has 3 aromatic rings. The number of fused-ring (bicyclic) bond motifs is 1. The maximum Gasteiger partial charge on any atom is 0.0520 e. The van der Waals surface area contributed by atoms with E-state index < -0.39 is 0 Å². The molecule has 0 saturated heterocycles. The minimum Gasteiger partial charge on any atom is -0.377 e. The van der Waals surface area contributed by atoms with E-state index in [4.69, 9.17) is 0 Å². The molecule has 0 amide bonds. The number of anilines is 1. The van der Waals surface area contributed by atoms with Crippen LogP contribution in [0.5, 0.6) is 0 Å². The van der Waals surface area contributed by atoms with Gasteiger partial charge in [0.1, 0.15) is 0 Å². The molecule has 1 nitrogen and oxygen atoms in total. The molecule has 0 aliphatic carbocycles. The van der Waals surface area contributed by atoms with Crippen molar-refractivity contribution in [2.75, 3.05) is 19.0 Å². The van der Waals surface area contributed by atoms with Crippen LogP contribution in [-0.2, 0) is 5.41 Å². The van der Waals surface area contributed by atoms with Crippen molar-refractivity contribution < 1.29 is 0 Å². The van der Waals surface area contributed by atoms with Gasteiger partial charge in [-0.05, 0) is 21.9 Å². The Morgan fingerprint density at radius 3 is 2.22 bits per heavy atom. The fourth-order valence-electron chi connectivity index (χ4n) is 3.12. The fourth-order valence-corrected chi connectivity index (χ4v) is 3.12. The molecule has 3 aromatic carbocycles. The van der Waals surface area contributed by atoms with Crippen molar-refractivity contribution >= 4 is 16.5 Å². The van der Waals surface area contributed by atoms with Crippen molar-refractivity contribution in [1.29, 1.82) is 0 Å². The van der Waals surface area contributed by atoms with Crippen LogP contribution in [0.15, 0.2) is 60.7 Å². The van der Waals surface area contributed by atoms with Crippen LogP contribution in [-0.4, -0.2) is 14.1 Å². The van der Waals surface area contributed by atoms with Crippen LogP contribution < -0.4 is 4.90 Å². The summed E-state index contributed by atoms with van der Waals surface area (Å²) in [5.41, 5.74) is 5.39. The molecule has 0 spiro atoms. The Kier molecular flexibility index (Phi) is 3.89. The fraction of sp³-hybridized carbons (Fsp3) is 0.273. The van der Waals surface area contributed by atoms with E-state index in [1.165, 1.54) is 33.2 Å². The molecule has 0 aliphatic heterocycles. The smallest absolute Gasteiger partial charge is 0.0520 e. The second kappa shape index (κ2) is 5.73. The largest absolute Gasteiger partial charge is 0.377 e. The number of hydrogen-bond donors (Lipinski definition) is 0. The second-order valence-electron chi connectivity index (χ2n) is 7.41. The van der Waals surface area contributed by atoms with Gasteiger partial charge < -0.3 is 4.90 Å². The molecule has 0 radical (unpaired) electrons. The van der Waals surface area contributed by atoms with Gasteiger partial charge in [0.2, 0.25) is 0 Å². The lowest BCUT2D eigenvalue weighted by Crippen LogP contribution is -2.12. The van der Waals surface area contributed by atoms with Gasteiger partial charge in [-0.25, -0.2) is 0 Å². The highest BCUT2D eigenvalue weighted by molar-refractivity contribution is 6.02. The van der Waals surface area contributed by atoms with Crippen LogP contribution >= 0.6 is 0 Å². The van der Waals surface area contributed by atoms with Crippen molar-refractivity contribution in [2.45, 2.75) is 26.2 Å². The Balaban J connectivity index is 2.26. The highest BCUT2D eigenvalue weighted by Gasteiger charge is 2.16. The lowest BCUT2D eigenvalue weighted by Gasteiger charge is -2.23. The lowest BCUT2D eigenvalue weighted by molar-refractivity contribution is 0.590. The molecule has 0 fully saturated rings. The Hall–Kier alpha value is -2.28. The summed E-state index contributed by atoms with van der Waals surface area (Å²) in [4.78, 5) is 2.22. The molecule has 0 aliphatic rings. The van der Waals surface area contributed by atoms with Gasteiger partial charge in [0.05, 0.1) is 5.69 Å². The van der Waals surface area contributed by atoms with E-state index in [1.54, 1.807) is 0 Å². The van der Waals surface area contributed by atoms with E-state index in [1.807, 2.05) is 0 Å². The van der Waals surface area contributed by atoms with Gasteiger partial charge in [0.25, 0.3) is 0 Å². The molecule has 3 rings (SSSR count). The third-order valence-electron chi connectivity index (χ3n) is 4.39. The van der Waals surface area contributed by atoms with E-state index in [2.05, 4.69) is 100 Å². The second-order valence-corrected chi connectivity index (χ2v) is 7.41. The summed E-state index contributed by atoms with van der Waals surface area (Å²) in [5.74, 6) is 0. The van der Waals surface area contributed by atoms with Crippen LogP contribution in [0.4, 0.5) is 5.69 Å². The predicted molar refractivity (Wildman–Crippen MR) is 102 cm³/mol. The average Bonchev–Trinajstić information content (AvgIpc) is 2.53. The standard InChI is InChI=1S/C22H25N/c1-22(2,3)18-11-8-10-17(15-18)20-14-13-16-9-6-7-12-19(16)21(20)23(4)5/h6-15H,1-5H3. The first-order valence-electron chi connectivity index (χ1n) is 8.18. The van der Waals surface area contributed by atoms with Gasteiger partial charge in [0, 0.05) is 25.0 Å². The first-order valence-corrected chi connectivity index (χ1v) is 8.18. The molecule has 23 heavy (non-hydrogen) atoms. The Morgan fingerprint density at radius 1 is 0.783 bits per heavy atom. The first-order chi connectivity index (χ1) is 10.9. The minimum absolute atomic E-state index is 0.158. The highest BCUT2D eigenvalue weighted by Crippen LogP contribution is 2.37. The monoisotopic (exact) mass is 303 g/mol. The first kappa shape index (κ1) is 15.6. The van der Waals surface area contributed by atoms with Crippen molar-refractivity contribution in [1.82, 2.24) is 0 Å². The van der Waals surface area contributed by atoms with Gasteiger partial charge in [-0.2, -0.15) is 0 Å². The number of rotatable bonds is 2. The Bertz CT molecular complexity index is 838. The zero-order chi connectivity index (χ0) is 16.6. The predicted octanol–water partition coefficient (Wildman–Crippen LogP) is 5.87. The lowest BCUT2D eigenvalue weighted by atomic mass is 9.85. The van der Waals surface area contributed by atoms with Gasteiger partial charge in [-0.15, -0.1) is 0 Å². The Labute approximate surface area is 139 Å². The van der Waals surface area contributed by atoms with Gasteiger partial charge in [-0.1, -0.05) is 81.4 Å². The number of hydrogen-bond acceptors (Lipinski definition) is 1. The molecule has 0 atom stereocenters. The molecule has 0 bridgehead atoms. The maximum absolute atomic E-state index is 2.33. The third kappa shape index (κ3) is 2.96. The van der Waals surface area contributed by atoms with Crippen molar-refractivity contribution in [3.05, 3.63) is 66.2 Å². The molecule has 118 valence electrons. The van der Waals surface area contributed by atoms with Crippen LogP contribution in [0.3, 0.4) is 0 Å². The third-order valence-corrected chi connectivity index (χ3v) is 4.39. The molecule has 0 unspecified atom stereocenters. The zero-order valence-corrected chi connectivity index (χ0v) is 14.7. The van der Waals surface area contributed by atoms with Gasteiger partial charge >= 0.3 is 0 Å². The van der Waals surface area contributed by atoms with Crippen molar-refractivity contribution in [2.24, 2.45) is 0 Å². The molecular formula is C22H25N. The van der Waals surface area contributed by atoms with Crippen LogP contribution in [0.2, 0.25) is 0 Å². The van der Waals surface area contributed by atoms with Crippen LogP contribution in [0, 0.1) is 0 Å². The summed E-state index contributed by atoms with van der Waals surface area (Å²) in [5, 5.41) is 2.59. The van der Waals surface area contributed by atoms with Crippen LogP contribution in [0.1, 0.15) is 26.3 Å². The molecular weight excluding hydrogens is 278 g/mol. The van der Waals surface area contributed by atoms with Crippen LogP contribution in [0.25, 0.3) is 21.9 Å². The van der Waals surface area contributed by atoms with E-state index >= 15 is 0 Å². The quantitative estimate of drug-likeness (QED) is 0.572. The van der Waals surface area contributed by atoms with Gasteiger partial charge in [-0.3, -0.25) is 0 Å². The summed E-state index contributed by atoms with van der Waals surface area (Å²) >= 11 is 0. The molecule has 0 saturated carbocycles. The molecule has 0 aromatic heterocycles. The number of benzene rings is 3. The SMILES string of the molecule is CN(C)c1c(-c2cccc(C(C)(C)C)c2)ccc2ccccc12. The summed E-state index contributed by atoms with van der Waals surface area (Å²) in [6, 6.07) is 22.0.